The number of aromatic hydroxyl groups is 1. The number of benzene rings is 1. The number of carbonyl (C=O) groups is 2. The second kappa shape index (κ2) is 8.61. The molecular formula is C15H12ClNO5S3. The van der Waals surface area contributed by atoms with E-state index in [9.17, 15) is 14.7 Å². The molecule has 132 valence electrons. The highest BCUT2D eigenvalue weighted by atomic mass is 35.5. The van der Waals surface area contributed by atoms with Crippen LogP contribution >= 0.6 is 47.3 Å². The van der Waals surface area contributed by atoms with E-state index in [1.165, 1.54) is 20.3 Å². The number of ether oxygens (including phenoxy) is 2. The number of anilines is 1. The van der Waals surface area contributed by atoms with Gasteiger partial charge >= 0.3 is 11.9 Å². The fourth-order valence-corrected chi connectivity index (χ4v) is 4.67. The van der Waals surface area contributed by atoms with Crippen molar-refractivity contribution < 1.29 is 24.2 Å². The zero-order valence-corrected chi connectivity index (χ0v) is 16.2. The lowest BCUT2D eigenvalue weighted by molar-refractivity contribution is -0.138. The maximum atomic E-state index is 11.8. The molecule has 2 rings (SSSR count). The molecular weight excluding hydrogens is 406 g/mol. The van der Waals surface area contributed by atoms with Gasteiger partial charge in [-0.25, -0.2) is 9.59 Å². The Hall–Kier alpha value is -1.68. The van der Waals surface area contributed by atoms with Gasteiger partial charge in [0.1, 0.15) is 20.5 Å². The first-order chi connectivity index (χ1) is 11.9. The molecule has 0 aromatic heterocycles. The summed E-state index contributed by atoms with van der Waals surface area (Å²) >= 11 is 13.5. The summed E-state index contributed by atoms with van der Waals surface area (Å²) in [7, 11) is 2.42. The van der Waals surface area contributed by atoms with Crippen LogP contribution < -0.4 is 5.32 Å². The lowest BCUT2D eigenvalue weighted by Gasteiger charge is -2.10. The molecule has 0 atom stereocenters. The van der Waals surface area contributed by atoms with Crippen molar-refractivity contribution in [2.45, 2.75) is 0 Å². The average Bonchev–Trinajstić information content (AvgIpc) is 3.06. The van der Waals surface area contributed by atoms with E-state index in [0.29, 0.717) is 9.92 Å². The Morgan fingerprint density at radius 2 is 1.64 bits per heavy atom. The van der Waals surface area contributed by atoms with Crippen LogP contribution in [0.15, 0.2) is 43.3 Å². The van der Waals surface area contributed by atoms with Crippen LogP contribution in [-0.2, 0) is 19.1 Å². The Kier molecular flexibility index (Phi) is 6.77. The minimum Gasteiger partial charge on any atom is -0.506 e. The summed E-state index contributed by atoms with van der Waals surface area (Å²) in [4.78, 5) is 24.0. The van der Waals surface area contributed by atoms with Gasteiger partial charge < -0.3 is 19.9 Å². The van der Waals surface area contributed by atoms with Gasteiger partial charge in [0, 0.05) is 0 Å². The van der Waals surface area contributed by atoms with Crippen LogP contribution in [0.5, 0.6) is 5.75 Å². The number of nitrogens with one attached hydrogen (secondary N) is 1. The number of halogens is 1. The zero-order chi connectivity index (χ0) is 18.6. The highest BCUT2D eigenvalue weighted by Crippen LogP contribution is 2.52. The monoisotopic (exact) mass is 417 g/mol. The molecule has 1 heterocycles. The Labute approximate surface area is 162 Å². The molecule has 1 aliphatic rings. The predicted molar refractivity (Wildman–Crippen MR) is 103 cm³/mol. The third-order valence-corrected chi connectivity index (χ3v) is 6.45. The Morgan fingerprint density at radius 3 is 2.12 bits per heavy atom. The number of hydrogen-bond donors (Lipinski definition) is 2. The molecule has 1 aromatic carbocycles. The molecule has 0 bridgehead atoms. The SMILES string of the molecule is COC(=O)C1=C(C(=O)OC)SC(=C(Cl)C(=S)Nc2ccccc2O)S1. The first-order valence-electron chi connectivity index (χ1n) is 6.64. The summed E-state index contributed by atoms with van der Waals surface area (Å²) in [6, 6.07) is 6.51. The molecule has 0 amide bonds. The number of methoxy groups -OCH3 is 2. The van der Waals surface area contributed by atoms with E-state index in [-0.39, 0.29) is 25.6 Å². The van der Waals surface area contributed by atoms with E-state index < -0.39 is 11.9 Å². The standard InChI is InChI=1S/C15H12ClNO5S3/c1-21-13(19)10-11(14(20)22-2)25-15(24-10)9(16)12(23)17-7-5-3-4-6-8(7)18/h3-6,18H,1-2H3,(H,17,23). The number of hydrogen-bond acceptors (Lipinski definition) is 8. The Morgan fingerprint density at radius 1 is 1.12 bits per heavy atom. The first kappa shape index (κ1) is 19.6. The van der Waals surface area contributed by atoms with Crippen molar-refractivity contribution >= 4 is 70.0 Å². The number of phenolic OH excluding ortho intramolecular Hbond substituents is 1. The van der Waals surface area contributed by atoms with E-state index >= 15 is 0 Å². The van der Waals surface area contributed by atoms with Crippen LogP contribution in [0.1, 0.15) is 0 Å². The van der Waals surface area contributed by atoms with Gasteiger partial charge in [-0.15, -0.1) is 0 Å². The quantitative estimate of drug-likeness (QED) is 0.330. The van der Waals surface area contributed by atoms with Crippen molar-refractivity contribution in [3.8, 4) is 5.75 Å². The number of para-hydroxylation sites is 2. The molecule has 25 heavy (non-hydrogen) atoms. The Bertz CT molecular complexity index is 776. The van der Waals surface area contributed by atoms with Gasteiger partial charge in [-0.2, -0.15) is 0 Å². The first-order valence-corrected chi connectivity index (χ1v) is 9.06. The molecule has 0 saturated heterocycles. The highest BCUT2D eigenvalue weighted by molar-refractivity contribution is 8.29. The summed E-state index contributed by atoms with van der Waals surface area (Å²) in [6.07, 6.45) is 0. The van der Waals surface area contributed by atoms with Crippen LogP contribution in [0.2, 0.25) is 0 Å². The van der Waals surface area contributed by atoms with Gasteiger partial charge in [0.15, 0.2) is 0 Å². The highest BCUT2D eigenvalue weighted by Gasteiger charge is 2.34. The lowest BCUT2D eigenvalue weighted by atomic mass is 10.3. The van der Waals surface area contributed by atoms with Crippen LogP contribution in [-0.4, -0.2) is 36.3 Å². The van der Waals surface area contributed by atoms with Crippen LogP contribution in [0.25, 0.3) is 0 Å². The number of carbonyl (C=O) groups excluding carboxylic acids is 2. The van der Waals surface area contributed by atoms with E-state index in [0.717, 1.165) is 23.5 Å². The fourth-order valence-electron chi connectivity index (χ4n) is 1.69. The smallest absolute Gasteiger partial charge is 0.346 e. The summed E-state index contributed by atoms with van der Waals surface area (Å²) in [5, 5.41) is 12.7. The molecule has 1 aromatic rings. The molecule has 0 fully saturated rings. The number of esters is 2. The van der Waals surface area contributed by atoms with Gasteiger partial charge in [0.25, 0.3) is 0 Å². The molecule has 0 radical (unpaired) electrons. The van der Waals surface area contributed by atoms with Crippen molar-refractivity contribution in [1.29, 1.82) is 0 Å². The summed E-state index contributed by atoms with van der Waals surface area (Å²) in [5.41, 5.74) is 0.383. The molecule has 6 nitrogen and oxygen atoms in total. The maximum Gasteiger partial charge on any atom is 0.346 e. The van der Waals surface area contributed by atoms with Crippen molar-refractivity contribution in [3.63, 3.8) is 0 Å². The lowest BCUT2D eigenvalue weighted by Crippen LogP contribution is -2.10. The number of thiocarbonyl (C=S) groups is 1. The third kappa shape index (κ3) is 4.49. The summed E-state index contributed by atoms with van der Waals surface area (Å²) in [6.45, 7) is 0. The largest absolute Gasteiger partial charge is 0.506 e. The molecule has 10 heteroatoms. The van der Waals surface area contributed by atoms with Crippen molar-refractivity contribution in [1.82, 2.24) is 0 Å². The number of phenols is 1. The molecule has 0 unspecified atom stereocenters. The topological polar surface area (TPSA) is 84.9 Å². The van der Waals surface area contributed by atoms with Gasteiger partial charge in [0.2, 0.25) is 0 Å². The second-order valence-electron chi connectivity index (χ2n) is 4.42. The molecule has 0 saturated carbocycles. The van der Waals surface area contributed by atoms with Crippen molar-refractivity contribution in [3.05, 3.63) is 43.3 Å². The van der Waals surface area contributed by atoms with Crippen LogP contribution in [0.3, 0.4) is 0 Å². The van der Waals surface area contributed by atoms with Gasteiger partial charge in [-0.3, -0.25) is 0 Å². The maximum absolute atomic E-state index is 11.8. The molecule has 0 spiro atoms. The van der Waals surface area contributed by atoms with E-state index in [1.807, 2.05) is 0 Å². The fraction of sp³-hybridized carbons (Fsp3) is 0.133. The average molecular weight is 418 g/mol. The van der Waals surface area contributed by atoms with E-state index in [2.05, 4.69) is 14.8 Å². The third-order valence-electron chi connectivity index (χ3n) is 2.87. The van der Waals surface area contributed by atoms with E-state index in [4.69, 9.17) is 23.8 Å². The summed E-state index contributed by atoms with van der Waals surface area (Å²) in [5.74, 6) is -1.33. The minimum atomic E-state index is -0.669. The predicted octanol–water partition coefficient (Wildman–Crippen LogP) is 3.58. The summed E-state index contributed by atoms with van der Waals surface area (Å²) < 4.78 is 9.77. The van der Waals surface area contributed by atoms with Crippen LogP contribution in [0, 0.1) is 0 Å². The Balaban J connectivity index is 2.26. The van der Waals surface area contributed by atoms with Crippen LogP contribution in [0.4, 0.5) is 5.69 Å². The molecule has 0 aliphatic carbocycles. The van der Waals surface area contributed by atoms with Crippen molar-refractivity contribution in [2.24, 2.45) is 0 Å². The van der Waals surface area contributed by atoms with Gasteiger partial charge in [-0.05, 0) is 12.1 Å². The van der Waals surface area contributed by atoms with Gasteiger partial charge in [0.05, 0.1) is 29.2 Å². The molecule has 1 aliphatic heterocycles. The number of thioether (sulfide) groups is 2. The normalized spacial score (nSPS) is 13.5. The minimum absolute atomic E-state index is 0.00895. The molecule has 2 N–H and O–H groups in total. The number of rotatable bonds is 4. The van der Waals surface area contributed by atoms with E-state index in [1.54, 1.807) is 18.2 Å². The van der Waals surface area contributed by atoms with Gasteiger partial charge in [-0.1, -0.05) is 59.5 Å². The second-order valence-corrected chi connectivity index (χ2v) is 7.50. The zero-order valence-electron chi connectivity index (χ0n) is 13.0. The van der Waals surface area contributed by atoms with Crippen molar-refractivity contribution in [2.75, 3.05) is 19.5 Å².